The van der Waals surface area contributed by atoms with Gasteiger partial charge >= 0.3 is 0 Å². The third-order valence-electron chi connectivity index (χ3n) is 12.6. The van der Waals surface area contributed by atoms with Crippen LogP contribution in [0.5, 0.6) is 0 Å². The second-order valence-corrected chi connectivity index (χ2v) is 25.3. The average molecular weight is 1050 g/mol. The normalized spacial score (nSPS) is 17.9. The fourth-order valence-electron chi connectivity index (χ4n) is 8.34. The molecule has 2 aliphatic rings. The molecular formula is C50H72Cl2N6O6S4. The van der Waals surface area contributed by atoms with Crippen molar-refractivity contribution in [3.05, 3.63) is 104 Å². The first-order valence-electron chi connectivity index (χ1n) is 24.4. The van der Waals surface area contributed by atoms with E-state index >= 15 is 0 Å². The molecule has 6 rings (SSSR count). The number of nitrogens with one attached hydrogen (secondary N) is 4. The number of carbonyl (C=O) groups excluding carboxylic acids is 2. The summed E-state index contributed by atoms with van der Waals surface area (Å²) in [5.41, 5.74) is 1.03. The molecule has 4 N–H and O–H groups in total. The van der Waals surface area contributed by atoms with Crippen molar-refractivity contribution in [2.24, 2.45) is 5.92 Å². The fraction of sp³-hybridized carbons (Fsp3) is 0.560. The minimum atomic E-state index is -3.53. The lowest BCUT2D eigenvalue weighted by molar-refractivity contribution is 0.0943. The molecule has 4 heterocycles. The van der Waals surface area contributed by atoms with E-state index in [9.17, 15) is 26.4 Å². The Balaban J connectivity index is 0.000000255. The quantitative estimate of drug-likeness (QED) is 0.0535. The highest BCUT2D eigenvalue weighted by atomic mass is 35.5. The molecule has 2 fully saturated rings. The van der Waals surface area contributed by atoms with Crippen LogP contribution in [0.3, 0.4) is 0 Å². The van der Waals surface area contributed by atoms with Crippen molar-refractivity contribution in [3.8, 4) is 0 Å². The molecule has 2 amide bonds. The molecule has 12 nitrogen and oxygen atoms in total. The first-order valence-corrected chi connectivity index (χ1v) is 29.7. The number of benzene rings is 2. The Morgan fingerprint density at radius 2 is 1.07 bits per heavy atom. The number of amides is 2. The van der Waals surface area contributed by atoms with Crippen molar-refractivity contribution in [3.63, 3.8) is 0 Å². The summed E-state index contributed by atoms with van der Waals surface area (Å²) in [6.07, 6.45) is 15.3. The zero-order valence-corrected chi connectivity index (χ0v) is 44.7. The fourth-order valence-corrected chi connectivity index (χ4v) is 14.5. The van der Waals surface area contributed by atoms with Crippen LogP contribution < -0.4 is 21.3 Å². The number of hydrogen-bond acceptors (Lipinski definition) is 10. The second kappa shape index (κ2) is 28.8. The molecule has 0 bridgehead atoms. The second-order valence-electron chi connectivity index (χ2n) is 17.7. The predicted molar refractivity (Wildman–Crippen MR) is 280 cm³/mol. The first-order chi connectivity index (χ1) is 32.7. The Morgan fingerprint density at radius 3 is 1.53 bits per heavy atom. The van der Waals surface area contributed by atoms with Crippen molar-refractivity contribution >= 4 is 77.7 Å². The third kappa shape index (κ3) is 17.7. The number of nitrogens with zero attached hydrogens (tertiary/aromatic N) is 2. The Labute approximate surface area is 424 Å². The van der Waals surface area contributed by atoms with Crippen LogP contribution in [0, 0.1) is 5.92 Å². The van der Waals surface area contributed by atoms with Gasteiger partial charge in [0.25, 0.3) is 31.9 Å². The van der Waals surface area contributed by atoms with Crippen molar-refractivity contribution in [2.45, 2.75) is 144 Å². The van der Waals surface area contributed by atoms with Crippen LogP contribution in [0.2, 0.25) is 10.0 Å². The van der Waals surface area contributed by atoms with Crippen LogP contribution in [0.1, 0.15) is 141 Å². The summed E-state index contributed by atoms with van der Waals surface area (Å²) in [6, 6.07) is 20.9. The average Bonchev–Trinajstić information content (AvgIpc) is 3.89. The van der Waals surface area contributed by atoms with E-state index in [1.165, 1.54) is 74.0 Å². The van der Waals surface area contributed by atoms with Crippen molar-refractivity contribution < 1.29 is 26.4 Å². The number of rotatable bonds is 23. The zero-order valence-electron chi connectivity index (χ0n) is 39.9. The molecule has 0 radical (unpaired) electrons. The van der Waals surface area contributed by atoms with Crippen LogP contribution in [-0.2, 0) is 33.1 Å². The van der Waals surface area contributed by atoms with Gasteiger partial charge in [-0.25, -0.2) is 16.8 Å². The van der Waals surface area contributed by atoms with E-state index in [2.05, 4.69) is 42.0 Å². The Hall–Kier alpha value is -2.90. The molecule has 68 heavy (non-hydrogen) atoms. The zero-order chi connectivity index (χ0) is 48.9. The summed E-state index contributed by atoms with van der Waals surface area (Å²) >= 11 is 14.2. The number of hydrogen-bond donors (Lipinski definition) is 4. The largest absolute Gasteiger partial charge is 0.347 e. The SMILES string of the molecule is CCCCC(CC)CNC1CCCN(S(=O)(=O)c2ccc(CNC(=O)c3ccc(Cl)cc3)s2)CC1.CCCCCCNC1CCCN(S(=O)(=O)c2ccc(CNC(=O)c3ccc(Cl)cc3)s2)CC1. The highest BCUT2D eigenvalue weighted by Crippen LogP contribution is 2.29. The highest BCUT2D eigenvalue weighted by molar-refractivity contribution is 7.91. The van der Waals surface area contributed by atoms with Crippen LogP contribution in [0.4, 0.5) is 0 Å². The van der Waals surface area contributed by atoms with Crippen LogP contribution >= 0.6 is 45.9 Å². The topological polar surface area (TPSA) is 157 Å². The molecule has 0 aliphatic carbocycles. The summed E-state index contributed by atoms with van der Waals surface area (Å²) in [5.74, 6) is 0.263. The van der Waals surface area contributed by atoms with E-state index in [1.807, 2.05) is 0 Å². The van der Waals surface area contributed by atoms with Gasteiger partial charge in [0.15, 0.2) is 0 Å². The summed E-state index contributed by atoms with van der Waals surface area (Å²) in [4.78, 5) is 26.2. The lowest BCUT2D eigenvalue weighted by Gasteiger charge is -2.22. The van der Waals surface area contributed by atoms with Gasteiger partial charge in [-0.3, -0.25) is 9.59 Å². The van der Waals surface area contributed by atoms with Crippen LogP contribution in [0.25, 0.3) is 0 Å². The molecule has 0 spiro atoms. The van der Waals surface area contributed by atoms with Gasteiger partial charge in [0.05, 0.1) is 13.1 Å². The van der Waals surface area contributed by atoms with Gasteiger partial charge < -0.3 is 21.3 Å². The van der Waals surface area contributed by atoms with Crippen molar-refractivity contribution in [1.29, 1.82) is 0 Å². The van der Waals surface area contributed by atoms with E-state index in [0.717, 1.165) is 61.4 Å². The van der Waals surface area contributed by atoms with E-state index < -0.39 is 20.0 Å². The van der Waals surface area contributed by atoms with E-state index in [4.69, 9.17) is 23.2 Å². The van der Waals surface area contributed by atoms with E-state index in [0.29, 0.717) is 73.8 Å². The Morgan fingerprint density at radius 1 is 0.603 bits per heavy atom. The molecule has 0 saturated carbocycles. The lowest BCUT2D eigenvalue weighted by atomic mass is 9.98. The number of halogens is 2. The maximum absolute atomic E-state index is 13.3. The van der Waals surface area contributed by atoms with Crippen LogP contribution in [0.15, 0.2) is 81.2 Å². The Kier molecular flexibility index (Phi) is 23.7. The molecule has 2 aliphatic heterocycles. The lowest BCUT2D eigenvalue weighted by Crippen LogP contribution is -2.35. The summed E-state index contributed by atoms with van der Waals surface area (Å²) < 4.78 is 56.9. The predicted octanol–water partition coefficient (Wildman–Crippen LogP) is 10.7. The summed E-state index contributed by atoms with van der Waals surface area (Å²) in [5, 5.41) is 14.2. The van der Waals surface area contributed by atoms with Gasteiger partial charge in [-0.15, -0.1) is 22.7 Å². The number of sulfonamides is 2. The standard InChI is InChI=1S/C26H38ClN3O3S2.C24H34ClN3O3S2/c1-3-5-7-20(4-2)18-28-23-8-6-16-30(17-15-23)35(32,33)25-14-13-24(34-25)19-29-26(31)21-9-11-22(27)12-10-21;1-2-3-4-5-15-26-21-7-6-16-28(17-14-21)33(30,31)23-13-12-22(32-23)18-27-24(29)19-8-10-20(25)11-9-19/h9-14,20,23,28H,3-8,15-19H2,1-2H3,(H,29,31);8-13,21,26H,2-7,14-18H2,1H3,(H,27,29). The first kappa shape index (κ1) is 56.0. The minimum Gasteiger partial charge on any atom is -0.347 e. The molecule has 3 atom stereocenters. The van der Waals surface area contributed by atoms with Crippen LogP contribution in [-0.4, -0.2) is 88.6 Å². The number of carbonyl (C=O) groups is 2. The van der Waals surface area contributed by atoms with E-state index in [-0.39, 0.29) is 24.9 Å². The molecular weight excluding hydrogens is 980 g/mol. The maximum Gasteiger partial charge on any atom is 0.252 e. The molecule has 2 aromatic heterocycles. The molecule has 2 saturated heterocycles. The number of thiophene rings is 2. The third-order valence-corrected chi connectivity index (χ3v) is 20.0. The summed E-state index contributed by atoms with van der Waals surface area (Å²) in [6.45, 7) is 11.5. The highest BCUT2D eigenvalue weighted by Gasteiger charge is 2.30. The molecule has 3 unspecified atom stereocenters. The molecule has 376 valence electrons. The molecule has 2 aromatic carbocycles. The van der Waals surface area contributed by atoms with Gasteiger partial charge in [0.1, 0.15) is 8.42 Å². The molecule has 4 aromatic rings. The van der Waals surface area contributed by atoms with Crippen molar-refractivity contribution in [2.75, 3.05) is 39.3 Å². The number of unbranched alkanes of at least 4 members (excludes halogenated alkanes) is 4. The van der Waals surface area contributed by atoms with Gasteiger partial charge in [0.2, 0.25) is 0 Å². The Bertz CT molecular complexity index is 2360. The van der Waals surface area contributed by atoms with Gasteiger partial charge in [-0.2, -0.15) is 8.61 Å². The minimum absolute atomic E-state index is 0.217. The van der Waals surface area contributed by atoms with Gasteiger partial charge in [0, 0.05) is 69.2 Å². The maximum atomic E-state index is 13.3. The van der Waals surface area contributed by atoms with Gasteiger partial charge in [-0.05, 0) is 143 Å². The molecule has 18 heteroatoms. The van der Waals surface area contributed by atoms with Crippen molar-refractivity contribution in [1.82, 2.24) is 29.9 Å². The summed E-state index contributed by atoms with van der Waals surface area (Å²) in [7, 11) is -7.05. The monoisotopic (exact) mass is 1050 g/mol. The smallest absolute Gasteiger partial charge is 0.252 e. The van der Waals surface area contributed by atoms with E-state index in [1.54, 1.807) is 81.4 Å². The van der Waals surface area contributed by atoms with Gasteiger partial charge in [-0.1, -0.05) is 82.5 Å².